The number of rotatable bonds is 6. The van der Waals surface area contributed by atoms with Crippen LogP contribution < -0.4 is 4.74 Å². The fourth-order valence-electron chi connectivity index (χ4n) is 2.85. The molecule has 28 heavy (non-hydrogen) atoms. The lowest BCUT2D eigenvalue weighted by atomic mass is 10.1. The van der Waals surface area contributed by atoms with Gasteiger partial charge in [-0.25, -0.2) is 9.18 Å². The molecule has 0 bridgehead atoms. The number of imide groups is 1. The van der Waals surface area contributed by atoms with Gasteiger partial charge in [-0.3, -0.25) is 19.3 Å². The number of nitrogens with zero attached hydrogens (tertiary/aromatic N) is 1. The summed E-state index contributed by atoms with van der Waals surface area (Å²) >= 11 is 0. The van der Waals surface area contributed by atoms with Crippen molar-refractivity contribution in [2.75, 3.05) is 13.7 Å². The zero-order valence-electron chi connectivity index (χ0n) is 15.1. The summed E-state index contributed by atoms with van der Waals surface area (Å²) in [6, 6.07) is 8.60. The molecule has 0 radical (unpaired) electrons. The number of esters is 1. The van der Waals surface area contributed by atoms with E-state index in [1.807, 2.05) is 0 Å². The van der Waals surface area contributed by atoms with E-state index in [4.69, 9.17) is 9.47 Å². The Morgan fingerprint density at radius 1 is 1.07 bits per heavy atom. The van der Waals surface area contributed by atoms with Crippen LogP contribution in [0.5, 0.6) is 5.75 Å². The summed E-state index contributed by atoms with van der Waals surface area (Å²) in [5.74, 6) is -3.50. The molecule has 0 aliphatic carbocycles. The average Bonchev–Trinajstić information content (AvgIpc) is 2.96. The van der Waals surface area contributed by atoms with E-state index in [0.717, 1.165) is 11.0 Å². The normalized spacial score (nSPS) is 13.9. The second-order valence-corrected chi connectivity index (χ2v) is 6.08. The lowest BCUT2D eigenvalue weighted by Crippen LogP contribution is -2.44. The topological polar surface area (TPSA) is 90.0 Å². The van der Waals surface area contributed by atoms with E-state index in [-0.39, 0.29) is 22.4 Å². The van der Waals surface area contributed by atoms with E-state index in [9.17, 15) is 23.6 Å². The van der Waals surface area contributed by atoms with Crippen molar-refractivity contribution in [3.05, 3.63) is 65.0 Å². The van der Waals surface area contributed by atoms with Gasteiger partial charge in [-0.1, -0.05) is 12.1 Å². The van der Waals surface area contributed by atoms with Crippen LogP contribution >= 0.6 is 0 Å². The van der Waals surface area contributed by atoms with Crippen molar-refractivity contribution >= 4 is 23.6 Å². The molecule has 1 aliphatic heterocycles. The van der Waals surface area contributed by atoms with Crippen LogP contribution in [-0.4, -0.2) is 48.2 Å². The monoisotopic (exact) mass is 385 g/mol. The molecule has 0 fully saturated rings. The summed E-state index contributed by atoms with van der Waals surface area (Å²) < 4.78 is 23.4. The van der Waals surface area contributed by atoms with Crippen LogP contribution in [0.15, 0.2) is 42.5 Å². The van der Waals surface area contributed by atoms with Crippen LogP contribution in [0.25, 0.3) is 0 Å². The van der Waals surface area contributed by atoms with Crippen LogP contribution in [0, 0.1) is 5.82 Å². The van der Waals surface area contributed by atoms with Gasteiger partial charge in [0.15, 0.2) is 24.0 Å². The van der Waals surface area contributed by atoms with Gasteiger partial charge in [0.05, 0.1) is 18.2 Å². The van der Waals surface area contributed by atoms with Crippen LogP contribution in [0.4, 0.5) is 4.39 Å². The maximum atomic E-state index is 13.7. The van der Waals surface area contributed by atoms with Crippen molar-refractivity contribution in [2.45, 2.75) is 13.0 Å². The molecule has 0 saturated carbocycles. The predicted octanol–water partition coefficient (Wildman–Crippen LogP) is 2.24. The van der Waals surface area contributed by atoms with Gasteiger partial charge < -0.3 is 9.47 Å². The molecule has 1 aliphatic rings. The Labute approximate surface area is 159 Å². The van der Waals surface area contributed by atoms with Gasteiger partial charge in [0.2, 0.25) is 0 Å². The number of halogens is 1. The standard InChI is InChI=1S/C20H16FNO6/c1-11(22-18(24)13-5-3-4-6-14(13)19(22)25)20(26)28-10-16(23)12-7-8-17(27-2)15(21)9-12/h3-9,11H,10H2,1-2H3/t11-/m1/s1. The third-order valence-corrected chi connectivity index (χ3v) is 4.37. The summed E-state index contributed by atoms with van der Waals surface area (Å²) in [6.45, 7) is 0.680. The van der Waals surface area contributed by atoms with Gasteiger partial charge in [0.1, 0.15) is 6.04 Å². The molecule has 1 heterocycles. The smallest absolute Gasteiger partial charge is 0.329 e. The molecule has 144 valence electrons. The number of carbonyl (C=O) groups is 4. The Morgan fingerprint density at radius 3 is 2.21 bits per heavy atom. The van der Waals surface area contributed by atoms with Crippen LogP contribution in [0.1, 0.15) is 38.0 Å². The van der Waals surface area contributed by atoms with Crippen molar-refractivity contribution in [1.82, 2.24) is 4.90 Å². The van der Waals surface area contributed by atoms with E-state index in [2.05, 4.69) is 0 Å². The molecular weight excluding hydrogens is 369 g/mol. The second kappa shape index (κ2) is 7.59. The number of fused-ring (bicyclic) bond motifs is 1. The number of hydrogen-bond acceptors (Lipinski definition) is 6. The fourth-order valence-corrected chi connectivity index (χ4v) is 2.85. The Balaban J connectivity index is 1.65. The predicted molar refractivity (Wildman–Crippen MR) is 94.6 cm³/mol. The van der Waals surface area contributed by atoms with Crippen molar-refractivity contribution in [3.63, 3.8) is 0 Å². The average molecular weight is 385 g/mol. The molecule has 7 nitrogen and oxygen atoms in total. The summed E-state index contributed by atoms with van der Waals surface area (Å²) in [5, 5.41) is 0. The SMILES string of the molecule is COc1ccc(C(=O)COC(=O)[C@@H](C)N2C(=O)c3ccccc3C2=O)cc1F. The van der Waals surface area contributed by atoms with Gasteiger partial charge in [-0.05, 0) is 37.3 Å². The van der Waals surface area contributed by atoms with Crippen LogP contribution in [0.2, 0.25) is 0 Å². The van der Waals surface area contributed by atoms with E-state index in [1.165, 1.54) is 38.3 Å². The molecule has 8 heteroatoms. The molecular formula is C20H16FNO6. The second-order valence-electron chi connectivity index (χ2n) is 6.08. The van der Waals surface area contributed by atoms with Crippen molar-refractivity contribution in [2.24, 2.45) is 0 Å². The molecule has 2 amide bonds. The fraction of sp³-hybridized carbons (Fsp3) is 0.200. The molecule has 0 N–H and O–H groups in total. The molecule has 1 atom stereocenters. The number of Topliss-reactive ketones (excluding diaryl/α,β-unsaturated/α-hetero) is 1. The largest absolute Gasteiger partial charge is 0.494 e. The van der Waals surface area contributed by atoms with Gasteiger partial charge >= 0.3 is 5.97 Å². The minimum Gasteiger partial charge on any atom is -0.494 e. The first kappa shape index (κ1) is 19.2. The molecule has 3 rings (SSSR count). The number of carbonyl (C=O) groups excluding carboxylic acids is 4. The Morgan fingerprint density at radius 2 is 1.68 bits per heavy atom. The minimum atomic E-state index is -1.21. The molecule has 2 aromatic rings. The highest BCUT2D eigenvalue weighted by molar-refractivity contribution is 6.22. The highest BCUT2D eigenvalue weighted by Gasteiger charge is 2.41. The first-order chi connectivity index (χ1) is 13.3. The zero-order valence-corrected chi connectivity index (χ0v) is 15.1. The van der Waals surface area contributed by atoms with E-state index in [1.54, 1.807) is 12.1 Å². The van der Waals surface area contributed by atoms with Crippen LogP contribution in [-0.2, 0) is 9.53 Å². The van der Waals surface area contributed by atoms with Crippen LogP contribution in [0.3, 0.4) is 0 Å². The Bertz CT molecular complexity index is 951. The third-order valence-electron chi connectivity index (χ3n) is 4.37. The summed E-state index contributed by atoms with van der Waals surface area (Å²) in [7, 11) is 1.29. The Hall–Kier alpha value is -3.55. The minimum absolute atomic E-state index is 0.000478. The number of ketones is 1. The van der Waals surface area contributed by atoms with Gasteiger partial charge in [0, 0.05) is 5.56 Å². The lowest BCUT2D eigenvalue weighted by Gasteiger charge is -2.20. The summed E-state index contributed by atoms with van der Waals surface area (Å²) in [6.07, 6.45) is 0. The van der Waals surface area contributed by atoms with E-state index < -0.39 is 42.0 Å². The Kier molecular flexibility index (Phi) is 5.21. The number of amides is 2. The number of benzene rings is 2. The summed E-state index contributed by atoms with van der Waals surface area (Å²) in [4.78, 5) is 50.0. The third kappa shape index (κ3) is 3.36. The highest BCUT2D eigenvalue weighted by atomic mass is 19.1. The van der Waals surface area contributed by atoms with Crippen molar-refractivity contribution in [1.29, 1.82) is 0 Å². The zero-order chi connectivity index (χ0) is 20.4. The number of ether oxygens (including phenoxy) is 2. The first-order valence-electron chi connectivity index (χ1n) is 8.35. The molecule has 0 aromatic heterocycles. The molecule has 2 aromatic carbocycles. The molecule has 0 unspecified atom stereocenters. The van der Waals surface area contributed by atoms with Gasteiger partial charge in [0.25, 0.3) is 11.8 Å². The van der Waals surface area contributed by atoms with Gasteiger partial charge in [-0.15, -0.1) is 0 Å². The first-order valence-corrected chi connectivity index (χ1v) is 8.35. The number of methoxy groups -OCH3 is 1. The maximum Gasteiger partial charge on any atom is 0.329 e. The lowest BCUT2D eigenvalue weighted by molar-refractivity contribution is -0.146. The van der Waals surface area contributed by atoms with E-state index in [0.29, 0.717) is 0 Å². The highest BCUT2D eigenvalue weighted by Crippen LogP contribution is 2.25. The molecule has 0 saturated heterocycles. The number of hydrogen-bond donors (Lipinski definition) is 0. The van der Waals surface area contributed by atoms with Crippen molar-refractivity contribution < 1.29 is 33.0 Å². The summed E-state index contributed by atoms with van der Waals surface area (Å²) in [5.41, 5.74) is 0.411. The quantitative estimate of drug-likeness (QED) is 0.430. The maximum absolute atomic E-state index is 13.7. The molecule has 0 spiro atoms. The van der Waals surface area contributed by atoms with Gasteiger partial charge in [-0.2, -0.15) is 0 Å². The van der Waals surface area contributed by atoms with Crippen molar-refractivity contribution in [3.8, 4) is 5.75 Å². The van der Waals surface area contributed by atoms with E-state index >= 15 is 0 Å².